The van der Waals surface area contributed by atoms with E-state index < -0.39 is 18.5 Å². The van der Waals surface area contributed by atoms with Gasteiger partial charge in [-0.1, -0.05) is 30.3 Å². The third-order valence-corrected chi connectivity index (χ3v) is 2.22. The van der Waals surface area contributed by atoms with E-state index in [1.165, 1.54) is 0 Å². The zero-order valence-corrected chi connectivity index (χ0v) is 8.30. The van der Waals surface area contributed by atoms with Crippen LogP contribution < -0.4 is 5.73 Å². The first-order valence-corrected chi connectivity index (χ1v) is 4.82. The maximum atomic E-state index is 12.1. The highest BCUT2D eigenvalue weighted by atomic mass is 19.4. The molecule has 0 bridgehead atoms. The van der Waals surface area contributed by atoms with Gasteiger partial charge in [0.15, 0.2) is 0 Å². The molecule has 4 heteroatoms. The monoisotopic (exact) mass is 217 g/mol. The fourth-order valence-corrected chi connectivity index (χ4v) is 1.51. The van der Waals surface area contributed by atoms with Gasteiger partial charge < -0.3 is 5.73 Å². The van der Waals surface area contributed by atoms with Crippen LogP contribution in [0.2, 0.25) is 0 Å². The molecule has 1 nitrogen and oxygen atoms in total. The Morgan fingerprint density at radius 1 is 1.13 bits per heavy atom. The van der Waals surface area contributed by atoms with Crippen molar-refractivity contribution in [1.29, 1.82) is 0 Å². The third-order valence-electron chi connectivity index (χ3n) is 2.22. The lowest BCUT2D eigenvalue weighted by atomic mass is 9.96. The summed E-state index contributed by atoms with van der Waals surface area (Å²) >= 11 is 0. The lowest BCUT2D eigenvalue weighted by Crippen LogP contribution is -2.24. The molecule has 0 radical (unpaired) electrons. The number of hydrogen-bond acceptors (Lipinski definition) is 1. The van der Waals surface area contributed by atoms with Gasteiger partial charge in [0.2, 0.25) is 0 Å². The van der Waals surface area contributed by atoms with Crippen LogP contribution in [-0.4, -0.2) is 12.7 Å². The van der Waals surface area contributed by atoms with Crippen molar-refractivity contribution in [3.63, 3.8) is 0 Å². The summed E-state index contributed by atoms with van der Waals surface area (Å²) < 4.78 is 36.4. The fraction of sp³-hybridized carbons (Fsp3) is 0.455. The van der Waals surface area contributed by atoms with Crippen LogP contribution in [0, 0.1) is 5.92 Å². The van der Waals surface area contributed by atoms with Crippen LogP contribution >= 0.6 is 0 Å². The summed E-state index contributed by atoms with van der Waals surface area (Å²) in [4.78, 5) is 0. The Balaban J connectivity index is 2.55. The Bertz CT molecular complexity index is 282. The summed E-state index contributed by atoms with van der Waals surface area (Å²) in [7, 11) is 0. The van der Waals surface area contributed by atoms with Crippen molar-refractivity contribution < 1.29 is 13.2 Å². The smallest absolute Gasteiger partial charge is 0.330 e. The van der Waals surface area contributed by atoms with Gasteiger partial charge in [-0.25, -0.2) is 0 Å². The Morgan fingerprint density at radius 2 is 1.73 bits per heavy atom. The minimum absolute atomic E-state index is 0.0639. The Morgan fingerprint density at radius 3 is 2.20 bits per heavy atom. The van der Waals surface area contributed by atoms with Crippen molar-refractivity contribution in [1.82, 2.24) is 0 Å². The largest absolute Gasteiger partial charge is 0.389 e. The first-order chi connectivity index (χ1) is 7.01. The summed E-state index contributed by atoms with van der Waals surface area (Å²) in [6, 6.07) is 9.11. The van der Waals surface area contributed by atoms with Crippen LogP contribution in [0.25, 0.3) is 0 Å². The summed E-state index contributed by atoms with van der Waals surface area (Å²) in [5.41, 5.74) is 6.23. The molecular formula is C11H14F3N. The van der Waals surface area contributed by atoms with Gasteiger partial charge in [0.05, 0.1) is 0 Å². The van der Waals surface area contributed by atoms with Gasteiger partial charge in [0.1, 0.15) is 0 Å². The Labute approximate surface area is 87.1 Å². The summed E-state index contributed by atoms with van der Waals surface area (Å²) in [5.74, 6) is -0.521. The number of hydrogen-bond donors (Lipinski definition) is 1. The van der Waals surface area contributed by atoms with E-state index in [4.69, 9.17) is 5.73 Å². The third kappa shape index (κ3) is 4.83. The highest BCUT2D eigenvalue weighted by molar-refractivity contribution is 5.15. The topological polar surface area (TPSA) is 26.0 Å². The molecule has 1 aromatic carbocycles. The summed E-state index contributed by atoms with van der Waals surface area (Å²) in [6.07, 6.45) is -4.55. The van der Waals surface area contributed by atoms with E-state index in [1.807, 2.05) is 30.3 Å². The molecule has 0 fully saturated rings. The average Bonchev–Trinajstić information content (AvgIpc) is 2.16. The highest BCUT2D eigenvalue weighted by Gasteiger charge is 2.31. The van der Waals surface area contributed by atoms with Crippen molar-refractivity contribution in [2.45, 2.75) is 19.0 Å². The number of alkyl halides is 3. The van der Waals surface area contributed by atoms with E-state index in [1.54, 1.807) is 0 Å². The van der Waals surface area contributed by atoms with Crippen molar-refractivity contribution in [3.8, 4) is 0 Å². The van der Waals surface area contributed by atoms with Crippen molar-refractivity contribution in [2.75, 3.05) is 6.54 Å². The molecule has 2 N–H and O–H groups in total. The number of rotatable bonds is 4. The average molecular weight is 217 g/mol. The quantitative estimate of drug-likeness (QED) is 0.824. The van der Waals surface area contributed by atoms with Gasteiger partial charge in [-0.2, -0.15) is 13.2 Å². The molecule has 0 heterocycles. The van der Waals surface area contributed by atoms with Gasteiger partial charge in [-0.3, -0.25) is 0 Å². The molecule has 1 aromatic rings. The van der Waals surface area contributed by atoms with Crippen LogP contribution in [0.5, 0.6) is 0 Å². The van der Waals surface area contributed by atoms with Crippen LogP contribution in [0.4, 0.5) is 13.2 Å². The number of benzene rings is 1. The Kier molecular flexibility index (Phi) is 4.15. The first-order valence-electron chi connectivity index (χ1n) is 4.82. The lowest BCUT2D eigenvalue weighted by Gasteiger charge is -2.16. The SMILES string of the molecule is NC[C@H](Cc1ccccc1)CC(F)(F)F. The van der Waals surface area contributed by atoms with Crippen molar-refractivity contribution >= 4 is 0 Å². The molecule has 1 atom stereocenters. The molecule has 0 aliphatic heterocycles. The van der Waals surface area contributed by atoms with Gasteiger partial charge in [0.25, 0.3) is 0 Å². The molecule has 0 aliphatic rings. The predicted molar refractivity (Wildman–Crippen MR) is 53.4 cm³/mol. The summed E-state index contributed by atoms with van der Waals surface area (Å²) in [5, 5.41) is 0. The highest BCUT2D eigenvalue weighted by Crippen LogP contribution is 2.26. The molecule has 0 unspecified atom stereocenters. The van der Waals surface area contributed by atoms with E-state index in [0.29, 0.717) is 6.42 Å². The minimum atomic E-state index is -4.13. The van der Waals surface area contributed by atoms with Crippen molar-refractivity contribution in [3.05, 3.63) is 35.9 Å². The van der Waals surface area contributed by atoms with Crippen LogP contribution in [0.1, 0.15) is 12.0 Å². The summed E-state index contributed by atoms with van der Waals surface area (Å²) in [6.45, 7) is 0.0639. The molecule has 0 saturated heterocycles. The molecule has 0 aliphatic carbocycles. The number of halogens is 3. The Hall–Kier alpha value is -1.03. The maximum absolute atomic E-state index is 12.1. The molecule has 0 spiro atoms. The van der Waals surface area contributed by atoms with Crippen LogP contribution in [0.3, 0.4) is 0 Å². The van der Waals surface area contributed by atoms with Gasteiger partial charge in [-0.15, -0.1) is 0 Å². The number of nitrogens with two attached hydrogens (primary N) is 1. The zero-order chi connectivity index (χ0) is 11.3. The van der Waals surface area contributed by atoms with E-state index in [-0.39, 0.29) is 6.54 Å². The lowest BCUT2D eigenvalue weighted by molar-refractivity contribution is -0.143. The van der Waals surface area contributed by atoms with E-state index >= 15 is 0 Å². The minimum Gasteiger partial charge on any atom is -0.330 e. The predicted octanol–water partition coefficient (Wildman–Crippen LogP) is 2.76. The molecular weight excluding hydrogens is 203 g/mol. The maximum Gasteiger partial charge on any atom is 0.389 e. The normalized spacial score (nSPS) is 13.9. The molecule has 84 valence electrons. The van der Waals surface area contributed by atoms with Crippen molar-refractivity contribution in [2.24, 2.45) is 11.7 Å². The van der Waals surface area contributed by atoms with Gasteiger partial charge in [0, 0.05) is 6.42 Å². The van der Waals surface area contributed by atoms with Crippen LogP contribution in [-0.2, 0) is 6.42 Å². The molecule has 1 rings (SSSR count). The first kappa shape index (κ1) is 12.0. The molecule has 0 amide bonds. The fourth-order valence-electron chi connectivity index (χ4n) is 1.51. The van der Waals surface area contributed by atoms with Gasteiger partial charge >= 0.3 is 6.18 Å². The van der Waals surface area contributed by atoms with E-state index in [2.05, 4.69) is 0 Å². The van der Waals surface area contributed by atoms with Gasteiger partial charge in [-0.05, 0) is 24.4 Å². The van der Waals surface area contributed by atoms with E-state index in [9.17, 15) is 13.2 Å². The van der Waals surface area contributed by atoms with E-state index in [0.717, 1.165) is 5.56 Å². The standard InChI is InChI=1S/C11H14F3N/c12-11(13,14)7-10(8-15)6-9-4-2-1-3-5-9/h1-5,10H,6-8,15H2/t10-/m1/s1. The van der Waals surface area contributed by atoms with Crippen LogP contribution in [0.15, 0.2) is 30.3 Å². The molecule has 15 heavy (non-hydrogen) atoms. The second kappa shape index (κ2) is 5.16. The zero-order valence-electron chi connectivity index (χ0n) is 8.30. The second-order valence-electron chi connectivity index (χ2n) is 3.61. The molecule has 0 saturated carbocycles. The second-order valence-corrected chi connectivity index (χ2v) is 3.61. The molecule has 0 aromatic heterocycles.